The molecule has 0 aliphatic carbocycles. The molecule has 0 atom stereocenters. The Balaban J connectivity index is 1.37. The van der Waals surface area contributed by atoms with Crippen LogP contribution in [0.5, 0.6) is 0 Å². The summed E-state index contributed by atoms with van der Waals surface area (Å²) >= 11 is 7.87. The van der Waals surface area contributed by atoms with Gasteiger partial charge < -0.3 is 4.42 Å². The van der Waals surface area contributed by atoms with Gasteiger partial charge in [0.2, 0.25) is 5.89 Å². The molecule has 2 aromatic heterocycles. The quantitative estimate of drug-likeness (QED) is 0.347. The number of rotatable bonds is 7. The first kappa shape index (κ1) is 20.3. The lowest BCUT2D eigenvalue weighted by molar-refractivity contribution is 0.319. The molecule has 2 aromatic carbocycles. The molecule has 3 heterocycles. The predicted octanol–water partition coefficient (Wildman–Crippen LogP) is 5.46. The molecular formula is C23H22ClN5OS. The molecule has 31 heavy (non-hydrogen) atoms. The third-order valence-electron chi connectivity index (χ3n) is 5.28. The van der Waals surface area contributed by atoms with Gasteiger partial charge in [-0.15, -0.1) is 10.2 Å². The molecule has 1 fully saturated rings. The Morgan fingerprint density at radius 1 is 0.968 bits per heavy atom. The van der Waals surface area contributed by atoms with E-state index in [-0.39, 0.29) is 0 Å². The lowest BCUT2D eigenvalue weighted by atomic mass is 10.2. The van der Waals surface area contributed by atoms with Crippen LogP contribution in [0.1, 0.15) is 24.4 Å². The van der Waals surface area contributed by atoms with Gasteiger partial charge in [0.25, 0.3) is 0 Å². The number of nitrogens with zero attached hydrogens (tertiary/aromatic N) is 5. The monoisotopic (exact) mass is 451 g/mol. The highest BCUT2D eigenvalue weighted by Gasteiger charge is 2.20. The number of aromatic nitrogens is 4. The summed E-state index contributed by atoms with van der Waals surface area (Å²) in [6.07, 6.45) is 4.18. The average molecular weight is 452 g/mol. The Morgan fingerprint density at radius 3 is 2.55 bits per heavy atom. The molecular weight excluding hydrogens is 430 g/mol. The van der Waals surface area contributed by atoms with Crippen LogP contribution in [0.3, 0.4) is 0 Å². The summed E-state index contributed by atoms with van der Waals surface area (Å²) in [5, 5.41) is 10.5. The van der Waals surface area contributed by atoms with Crippen molar-refractivity contribution in [2.45, 2.75) is 30.3 Å². The van der Waals surface area contributed by atoms with E-state index in [4.69, 9.17) is 16.0 Å². The highest BCUT2D eigenvalue weighted by Crippen LogP contribution is 2.30. The van der Waals surface area contributed by atoms with E-state index in [1.807, 2.05) is 42.5 Å². The van der Waals surface area contributed by atoms with Gasteiger partial charge in [-0.1, -0.05) is 53.7 Å². The minimum atomic E-state index is 0.528. The summed E-state index contributed by atoms with van der Waals surface area (Å²) in [6.45, 7) is 3.05. The van der Waals surface area contributed by atoms with Gasteiger partial charge >= 0.3 is 0 Å². The maximum atomic E-state index is 6.27. The van der Waals surface area contributed by atoms with E-state index in [2.05, 4.69) is 36.8 Å². The lowest BCUT2D eigenvalue weighted by Crippen LogP contribution is -2.21. The molecule has 0 saturated carbocycles. The summed E-state index contributed by atoms with van der Waals surface area (Å²) in [5.41, 5.74) is 2.70. The Bertz CT molecular complexity index is 1150. The van der Waals surface area contributed by atoms with Crippen molar-refractivity contribution in [2.75, 3.05) is 13.1 Å². The third-order valence-corrected chi connectivity index (χ3v) is 6.58. The molecule has 0 radical (unpaired) electrons. The van der Waals surface area contributed by atoms with E-state index >= 15 is 0 Å². The second-order valence-corrected chi connectivity index (χ2v) is 8.82. The Kier molecular flexibility index (Phi) is 6.06. The van der Waals surface area contributed by atoms with Crippen LogP contribution in [0.2, 0.25) is 5.02 Å². The van der Waals surface area contributed by atoms with Crippen LogP contribution >= 0.6 is 23.4 Å². The molecule has 158 valence electrons. The van der Waals surface area contributed by atoms with E-state index in [1.54, 1.807) is 18.0 Å². The fourth-order valence-corrected chi connectivity index (χ4v) is 4.81. The average Bonchev–Trinajstić information content (AvgIpc) is 3.55. The molecule has 8 heteroatoms. The molecule has 0 bridgehead atoms. The summed E-state index contributed by atoms with van der Waals surface area (Å²) < 4.78 is 7.82. The summed E-state index contributed by atoms with van der Waals surface area (Å²) in [7, 11) is 0. The fourth-order valence-electron chi connectivity index (χ4n) is 3.74. The summed E-state index contributed by atoms with van der Waals surface area (Å²) in [5.74, 6) is 2.12. The normalized spacial score (nSPS) is 14.4. The van der Waals surface area contributed by atoms with Crippen molar-refractivity contribution in [1.29, 1.82) is 0 Å². The van der Waals surface area contributed by atoms with Crippen LogP contribution in [0.4, 0.5) is 0 Å². The van der Waals surface area contributed by atoms with E-state index in [9.17, 15) is 0 Å². The molecule has 5 rings (SSSR count). The van der Waals surface area contributed by atoms with E-state index in [1.165, 1.54) is 12.8 Å². The Morgan fingerprint density at radius 2 is 1.74 bits per heavy atom. The molecule has 0 N–H and O–H groups in total. The second kappa shape index (κ2) is 9.26. The zero-order valence-corrected chi connectivity index (χ0v) is 18.5. The minimum absolute atomic E-state index is 0.528. The van der Waals surface area contributed by atoms with Gasteiger partial charge in [0.15, 0.2) is 11.0 Å². The van der Waals surface area contributed by atoms with Crippen LogP contribution < -0.4 is 0 Å². The molecule has 0 unspecified atom stereocenters. The van der Waals surface area contributed by atoms with Gasteiger partial charge in [0, 0.05) is 11.4 Å². The maximum absolute atomic E-state index is 6.27. The number of halogens is 1. The number of para-hydroxylation sites is 1. The highest BCUT2D eigenvalue weighted by molar-refractivity contribution is 7.98. The number of thioether (sulfide) groups is 1. The number of oxazole rings is 1. The summed E-state index contributed by atoms with van der Waals surface area (Å²) in [6, 6.07) is 17.8. The number of hydrogen-bond donors (Lipinski definition) is 0. The number of hydrogen-bond acceptors (Lipinski definition) is 6. The van der Waals surface area contributed by atoms with Crippen molar-refractivity contribution in [3.63, 3.8) is 0 Å². The second-order valence-electron chi connectivity index (χ2n) is 7.47. The highest BCUT2D eigenvalue weighted by atomic mass is 35.5. The van der Waals surface area contributed by atoms with Crippen LogP contribution in [0.15, 0.2) is 70.4 Å². The van der Waals surface area contributed by atoms with Gasteiger partial charge in [-0.3, -0.25) is 9.47 Å². The van der Waals surface area contributed by atoms with E-state index < -0.39 is 0 Å². The fraction of sp³-hybridized carbons (Fsp3) is 0.261. The number of benzene rings is 2. The van der Waals surface area contributed by atoms with Gasteiger partial charge in [-0.05, 0) is 50.2 Å². The van der Waals surface area contributed by atoms with Crippen LogP contribution in [0.25, 0.3) is 17.1 Å². The predicted molar refractivity (Wildman–Crippen MR) is 122 cm³/mol. The first-order chi connectivity index (χ1) is 15.3. The SMILES string of the molecule is Clc1ccccc1-c1nc(CSc2nnc(CN3CCCC3)n2-c2ccccc2)co1. The molecule has 1 aliphatic rings. The Hall–Kier alpha value is -2.61. The van der Waals surface area contributed by atoms with Gasteiger partial charge in [0.05, 0.1) is 22.8 Å². The van der Waals surface area contributed by atoms with Crippen molar-refractivity contribution in [1.82, 2.24) is 24.6 Å². The molecule has 0 amide bonds. The van der Waals surface area contributed by atoms with Crippen molar-refractivity contribution in [3.8, 4) is 17.1 Å². The largest absolute Gasteiger partial charge is 0.444 e. The van der Waals surface area contributed by atoms with E-state index in [0.29, 0.717) is 16.7 Å². The molecule has 4 aromatic rings. The topological polar surface area (TPSA) is 60.0 Å². The van der Waals surface area contributed by atoms with Crippen molar-refractivity contribution >= 4 is 23.4 Å². The first-order valence-electron chi connectivity index (χ1n) is 10.3. The van der Waals surface area contributed by atoms with Crippen LogP contribution in [-0.2, 0) is 12.3 Å². The van der Waals surface area contributed by atoms with Crippen molar-refractivity contribution < 1.29 is 4.42 Å². The smallest absolute Gasteiger partial charge is 0.227 e. The minimum Gasteiger partial charge on any atom is -0.444 e. The Labute approximate surface area is 190 Å². The summed E-state index contributed by atoms with van der Waals surface area (Å²) in [4.78, 5) is 7.05. The lowest BCUT2D eigenvalue weighted by Gasteiger charge is -2.15. The molecule has 1 aliphatic heterocycles. The third kappa shape index (κ3) is 4.54. The van der Waals surface area contributed by atoms with Gasteiger partial charge in [0.1, 0.15) is 6.26 Å². The standard InChI is InChI=1S/C23H22ClN5OS/c24-20-11-5-4-10-19(20)22-25-17(15-30-22)16-31-23-27-26-21(14-28-12-6-7-13-28)29(23)18-8-2-1-3-9-18/h1-5,8-11,15H,6-7,12-14,16H2. The molecule has 0 spiro atoms. The van der Waals surface area contributed by atoms with Gasteiger partial charge in [-0.25, -0.2) is 4.98 Å². The first-order valence-corrected chi connectivity index (χ1v) is 11.7. The molecule has 1 saturated heterocycles. The number of likely N-dealkylation sites (tertiary alicyclic amines) is 1. The van der Waals surface area contributed by atoms with Crippen molar-refractivity contribution in [3.05, 3.63) is 77.4 Å². The zero-order chi connectivity index (χ0) is 21.0. The van der Waals surface area contributed by atoms with E-state index in [0.717, 1.165) is 47.6 Å². The molecule has 6 nitrogen and oxygen atoms in total. The maximum Gasteiger partial charge on any atom is 0.227 e. The van der Waals surface area contributed by atoms with Crippen molar-refractivity contribution in [2.24, 2.45) is 0 Å². The van der Waals surface area contributed by atoms with Crippen LogP contribution in [0, 0.1) is 0 Å². The zero-order valence-electron chi connectivity index (χ0n) is 16.9. The van der Waals surface area contributed by atoms with Gasteiger partial charge in [-0.2, -0.15) is 0 Å². The van der Waals surface area contributed by atoms with Crippen LogP contribution in [-0.4, -0.2) is 37.7 Å².